The van der Waals surface area contributed by atoms with E-state index in [1.54, 1.807) is 48.5 Å². The number of nitrogens with zero attached hydrogens (tertiary/aromatic N) is 2. The van der Waals surface area contributed by atoms with Gasteiger partial charge < -0.3 is 29.3 Å². The standard InChI is InChI=1S/C28H24N2O6.2Na/c31-27(32)15-19-7-1-3-13-25(19)35-17-21-9-5-11-23(29-21)24-12-6-10-22(30-24)18-36-26-14-4-2-8-20(26)16-28(33)34;;/h1-14H,15-18H2,(H,31,32)(H,33,34);;/q;2*+1/p-2. The summed E-state index contributed by atoms with van der Waals surface area (Å²) >= 11 is 0. The van der Waals surface area contributed by atoms with Gasteiger partial charge in [0.05, 0.1) is 22.8 Å². The maximum absolute atomic E-state index is 11.0. The van der Waals surface area contributed by atoms with Crippen LogP contribution in [0.15, 0.2) is 84.9 Å². The molecule has 0 unspecified atom stereocenters. The topological polar surface area (TPSA) is 124 Å². The molecule has 0 aliphatic heterocycles. The number of carboxylic acid groups (broad SMARTS) is 2. The quantitative estimate of drug-likeness (QED) is 0.180. The molecule has 0 spiro atoms. The third-order valence-corrected chi connectivity index (χ3v) is 5.24. The predicted octanol–water partition coefficient (Wildman–Crippen LogP) is -4.11. The first kappa shape index (κ1) is 31.5. The number of carbonyl (C=O) groups is 2. The second-order valence-electron chi connectivity index (χ2n) is 7.92. The maximum Gasteiger partial charge on any atom is 1.00 e. The zero-order chi connectivity index (χ0) is 25.3. The molecule has 2 heterocycles. The first-order chi connectivity index (χ1) is 17.5. The van der Waals surface area contributed by atoms with Gasteiger partial charge >= 0.3 is 59.1 Å². The summed E-state index contributed by atoms with van der Waals surface area (Å²) in [4.78, 5) is 31.2. The van der Waals surface area contributed by atoms with Gasteiger partial charge in [0, 0.05) is 24.8 Å². The van der Waals surface area contributed by atoms with Gasteiger partial charge in [0.25, 0.3) is 0 Å². The molecule has 4 aromatic rings. The molecule has 0 saturated heterocycles. The Kier molecular flexibility index (Phi) is 13.0. The van der Waals surface area contributed by atoms with Crippen molar-refractivity contribution in [2.45, 2.75) is 26.1 Å². The number of aromatic nitrogens is 2. The number of benzene rings is 2. The largest absolute Gasteiger partial charge is 1.00 e. The molecule has 182 valence electrons. The molecule has 0 bridgehead atoms. The van der Waals surface area contributed by atoms with Crippen LogP contribution in [0.4, 0.5) is 0 Å². The Hall–Kier alpha value is -2.72. The SMILES string of the molecule is O=C([O-])Cc1ccccc1OCc1cccc(-c2cccc(COc3ccccc3CC(=O)[O-])n2)n1.[Na+].[Na+]. The van der Waals surface area contributed by atoms with Crippen LogP contribution in [-0.4, -0.2) is 21.9 Å². The third kappa shape index (κ3) is 9.23. The van der Waals surface area contributed by atoms with Gasteiger partial charge in [-0.25, -0.2) is 9.97 Å². The fraction of sp³-hybridized carbons (Fsp3) is 0.143. The van der Waals surface area contributed by atoms with Crippen LogP contribution in [0.5, 0.6) is 11.5 Å². The summed E-state index contributed by atoms with van der Waals surface area (Å²) in [5, 5.41) is 22.0. The summed E-state index contributed by atoms with van der Waals surface area (Å²) in [6.45, 7) is 0.297. The van der Waals surface area contributed by atoms with Crippen LogP contribution < -0.4 is 78.8 Å². The molecule has 0 amide bonds. The number of hydrogen-bond acceptors (Lipinski definition) is 8. The third-order valence-electron chi connectivity index (χ3n) is 5.24. The van der Waals surface area contributed by atoms with E-state index in [2.05, 4.69) is 9.97 Å². The monoisotopic (exact) mass is 528 g/mol. The van der Waals surface area contributed by atoms with Gasteiger partial charge in [0.1, 0.15) is 24.7 Å². The molecule has 0 radical (unpaired) electrons. The van der Waals surface area contributed by atoms with Crippen molar-refractivity contribution in [1.82, 2.24) is 9.97 Å². The number of ether oxygens (including phenoxy) is 2. The molecular formula is C28H22N2Na2O6. The second-order valence-corrected chi connectivity index (χ2v) is 7.92. The van der Waals surface area contributed by atoms with E-state index in [1.165, 1.54) is 0 Å². The van der Waals surface area contributed by atoms with Gasteiger partial charge in [-0.1, -0.05) is 48.5 Å². The average Bonchev–Trinajstić information content (AvgIpc) is 2.87. The number of rotatable bonds is 11. The smallest absolute Gasteiger partial charge is 0.550 e. The summed E-state index contributed by atoms with van der Waals surface area (Å²) in [5.74, 6) is -1.43. The fourth-order valence-corrected chi connectivity index (χ4v) is 3.60. The zero-order valence-electron chi connectivity index (χ0n) is 21.3. The number of para-hydroxylation sites is 2. The minimum absolute atomic E-state index is 0. The number of pyridine rings is 2. The minimum atomic E-state index is -1.18. The Bertz CT molecular complexity index is 1280. The van der Waals surface area contributed by atoms with Crippen molar-refractivity contribution in [2.24, 2.45) is 0 Å². The van der Waals surface area contributed by atoms with Gasteiger partial charge in [-0.3, -0.25) is 0 Å². The van der Waals surface area contributed by atoms with E-state index in [0.717, 1.165) is 0 Å². The number of carbonyl (C=O) groups excluding carboxylic acids is 2. The van der Waals surface area contributed by atoms with E-state index in [4.69, 9.17) is 9.47 Å². The summed E-state index contributed by atoms with van der Waals surface area (Å²) in [7, 11) is 0. The Morgan fingerprint density at radius 3 is 1.37 bits per heavy atom. The second kappa shape index (κ2) is 15.6. The van der Waals surface area contributed by atoms with Crippen molar-refractivity contribution < 1.29 is 88.4 Å². The Morgan fingerprint density at radius 1 is 0.579 bits per heavy atom. The first-order valence-corrected chi connectivity index (χ1v) is 11.2. The molecule has 0 saturated carbocycles. The van der Waals surface area contributed by atoms with Crippen molar-refractivity contribution >= 4 is 11.9 Å². The normalized spacial score (nSPS) is 10.0. The van der Waals surface area contributed by atoms with E-state index in [-0.39, 0.29) is 85.2 Å². The van der Waals surface area contributed by atoms with E-state index in [9.17, 15) is 19.8 Å². The van der Waals surface area contributed by atoms with E-state index < -0.39 is 11.9 Å². The van der Waals surface area contributed by atoms with Crippen molar-refractivity contribution in [3.63, 3.8) is 0 Å². The van der Waals surface area contributed by atoms with Crippen LogP contribution in [0.25, 0.3) is 11.4 Å². The predicted molar refractivity (Wildman–Crippen MR) is 126 cm³/mol. The minimum Gasteiger partial charge on any atom is -0.550 e. The molecule has 8 nitrogen and oxygen atoms in total. The Morgan fingerprint density at radius 2 is 0.974 bits per heavy atom. The van der Waals surface area contributed by atoms with Crippen molar-refractivity contribution in [3.05, 3.63) is 107 Å². The average molecular weight is 528 g/mol. The Balaban J connectivity index is 0.00000253. The van der Waals surface area contributed by atoms with Gasteiger partial charge in [-0.15, -0.1) is 0 Å². The van der Waals surface area contributed by atoms with Gasteiger partial charge in [-0.2, -0.15) is 0 Å². The Labute approximate surface area is 264 Å². The molecule has 4 rings (SSSR count). The molecule has 0 atom stereocenters. The number of aliphatic carboxylic acids is 2. The number of carboxylic acids is 2. The van der Waals surface area contributed by atoms with Crippen molar-refractivity contribution in [3.8, 4) is 22.9 Å². The van der Waals surface area contributed by atoms with Crippen molar-refractivity contribution in [1.29, 1.82) is 0 Å². The summed E-state index contributed by atoms with van der Waals surface area (Å²) in [5.41, 5.74) is 3.64. The first-order valence-electron chi connectivity index (χ1n) is 11.2. The van der Waals surface area contributed by atoms with E-state index in [0.29, 0.717) is 45.4 Å². The van der Waals surface area contributed by atoms with Gasteiger partial charge in [0.2, 0.25) is 0 Å². The molecule has 0 aliphatic rings. The summed E-state index contributed by atoms with van der Waals surface area (Å²) in [6.07, 6.45) is -0.472. The van der Waals surface area contributed by atoms with E-state index >= 15 is 0 Å². The zero-order valence-corrected chi connectivity index (χ0v) is 25.3. The van der Waals surface area contributed by atoms with Gasteiger partial charge in [0.15, 0.2) is 0 Å². The molecule has 2 aromatic heterocycles. The summed E-state index contributed by atoms with van der Waals surface area (Å²) < 4.78 is 11.6. The van der Waals surface area contributed by atoms with Crippen LogP contribution in [0, 0.1) is 0 Å². The van der Waals surface area contributed by atoms with Gasteiger partial charge in [-0.05, 0) is 47.5 Å². The fourth-order valence-electron chi connectivity index (χ4n) is 3.60. The molecular weight excluding hydrogens is 506 g/mol. The summed E-state index contributed by atoms with van der Waals surface area (Å²) in [6, 6.07) is 24.8. The molecule has 0 N–H and O–H groups in total. The van der Waals surface area contributed by atoms with Crippen molar-refractivity contribution in [2.75, 3.05) is 0 Å². The van der Waals surface area contributed by atoms with Crippen LogP contribution in [0.2, 0.25) is 0 Å². The molecule has 10 heteroatoms. The van der Waals surface area contributed by atoms with Crippen LogP contribution in [0.3, 0.4) is 0 Å². The van der Waals surface area contributed by atoms with E-state index in [1.807, 2.05) is 36.4 Å². The molecule has 0 fully saturated rings. The molecule has 2 aromatic carbocycles. The van der Waals surface area contributed by atoms with Crippen LogP contribution in [-0.2, 0) is 35.6 Å². The maximum atomic E-state index is 11.0. The molecule has 38 heavy (non-hydrogen) atoms. The van der Waals surface area contributed by atoms with Crippen LogP contribution in [0.1, 0.15) is 22.5 Å². The molecule has 0 aliphatic carbocycles. The van der Waals surface area contributed by atoms with Crippen LogP contribution >= 0.6 is 0 Å². The number of hydrogen-bond donors (Lipinski definition) is 0.